The standard InChI is InChI=1S/C10H14N2O2S/c13-15(14)5-3-10(8-15)12-7-9-2-1-4-11-6-9/h1-2,4,6,10,12H,3,5,7-8H2/p+1/t10-/m0/s1. The molecule has 1 atom stereocenters. The average molecular weight is 227 g/mol. The molecule has 0 aromatic carbocycles. The van der Waals surface area contributed by atoms with Gasteiger partial charge in [0, 0.05) is 24.4 Å². The zero-order valence-corrected chi connectivity index (χ0v) is 9.28. The van der Waals surface area contributed by atoms with Crippen molar-refractivity contribution in [2.45, 2.75) is 19.0 Å². The van der Waals surface area contributed by atoms with Gasteiger partial charge in [-0.25, -0.2) is 8.42 Å². The number of pyridine rings is 1. The van der Waals surface area contributed by atoms with Crippen LogP contribution < -0.4 is 5.32 Å². The van der Waals surface area contributed by atoms with Crippen LogP contribution in [0.15, 0.2) is 24.5 Å². The number of nitrogens with zero attached hydrogens (tertiary/aromatic N) is 1. The first-order valence-electron chi connectivity index (χ1n) is 5.08. The maximum absolute atomic E-state index is 11.2. The molecule has 5 heteroatoms. The lowest BCUT2D eigenvalue weighted by Gasteiger charge is -2.06. The number of sulfone groups is 1. The molecule has 1 saturated heterocycles. The van der Waals surface area contributed by atoms with Gasteiger partial charge < -0.3 is 5.32 Å². The summed E-state index contributed by atoms with van der Waals surface area (Å²) >= 11 is 0. The third kappa shape index (κ3) is 3.00. The van der Waals surface area contributed by atoms with Gasteiger partial charge in [0.1, 0.15) is 18.3 Å². The van der Waals surface area contributed by atoms with E-state index in [1.54, 1.807) is 6.20 Å². The summed E-state index contributed by atoms with van der Waals surface area (Å²) < 4.78 is 22.4. The van der Waals surface area contributed by atoms with Crippen molar-refractivity contribution in [1.29, 1.82) is 0 Å². The molecular weight excluding hydrogens is 212 g/mol. The lowest BCUT2D eigenvalue weighted by atomic mass is 10.2. The minimum atomic E-state index is -2.75. The molecule has 0 saturated carbocycles. The van der Waals surface area contributed by atoms with E-state index in [2.05, 4.69) is 10.3 Å². The highest BCUT2D eigenvalue weighted by Crippen LogP contribution is 2.07. The van der Waals surface area contributed by atoms with Crippen molar-refractivity contribution in [1.82, 2.24) is 4.98 Å². The van der Waals surface area contributed by atoms with Crippen molar-refractivity contribution in [2.24, 2.45) is 0 Å². The van der Waals surface area contributed by atoms with Crippen LogP contribution in [0, 0.1) is 0 Å². The fraction of sp³-hybridized carbons (Fsp3) is 0.500. The quantitative estimate of drug-likeness (QED) is 0.745. The minimum absolute atomic E-state index is 0.232. The highest BCUT2D eigenvalue weighted by atomic mass is 32.2. The summed E-state index contributed by atoms with van der Waals surface area (Å²) in [6, 6.07) is 4.14. The van der Waals surface area contributed by atoms with E-state index >= 15 is 0 Å². The molecule has 1 aromatic rings. The number of hydrogen-bond donors (Lipinski definition) is 1. The molecular formula is C10H15N2O2S+. The molecule has 0 radical (unpaired) electrons. The summed E-state index contributed by atoms with van der Waals surface area (Å²) in [7, 11) is -2.75. The summed E-state index contributed by atoms with van der Waals surface area (Å²) in [6.07, 6.45) is 4.34. The Labute approximate surface area is 89.6 Å². The first-order chi connectivity index (χ1) is 7.16. The van der Waals surface area contributed by atoms with Crippen molar-refractivity contribution in [3.05, 3.63) is 30.1 Å². The maximum atomic E-state index is 11.2. The number of aromatic nitrogens is 1. The van der Waals surface area contributed by atoms with Crippen LogP contribution in [0.25, 0.3) is 0 Å². The molecule has 0 spiro atoms. The third-order valence-electron chi connectivity index (χ3n) is 2.68. The Kier molecular flexibility index (Phi) is 3.02. The smallest absolute Gasteiger partial charge is 0.156 e. The van der Waals surface area contributed by atoms with Gasteiger partial charge >= 0.3 is 0 Å². The first-order valence-corrected chi connectivity index (χ1v) is 6.90. The summed E-state index contributed by atoms with van der Waals surface area (Å²) in [6.45, 7) is 0.814. The summed E-state index contributed by atoms with van der Waals surface area (Å²) in [5.41, 5.74) is 1.14. The van der Waals surface area contributed by atoms with Gasteiger partial charge in [-0.1, -0.05) is 6.07 Å². The normalized spacial score (nSPS) is 24.1. The van der Waals surface area contributed by atoms with E-state index in [-0.39, 0.29) is 6.04 Å². The van der Waals surface area contributed by atoms with Gasteiger partial charge in [0.05, 0.1) is 5.75 Å². The van der Waals surface area contributed by atoms with Crippen molar-refractivity contribution >= 4 is 9.84 Å². The molecule has 2 heterocycles. The van der Waals surface area contributed by atoms with E-state index in [0.717, 1.165) is 18.5 Å². The molecule has 0 unspecified atom stereocenters. The van der Waals surface area contributed by atoms with E-state index in [1.807, 2.05) is 18.3 Å². The highest BCUT2D eigenvalue weighted by Gasteiger charge is 2.30. The molecule has 0 amide bonds. The van der Waals surface area contributed by atoms with Gasteiger partial charge in [-0.15, -0.1) is 0 Å². The third-order valence-corrected chi connectivity index (χ3v) is 4.47. The summed E-state index contributed by atoms with van der Waals surface area (Å²) in [4.78, 5) is 4.02. The molecule has 15 heavy (non-hydrogen) atoms. The molecule has 4 nitrogen and oxygen atoms in total. The largest absolute Gasteiger partial charge is 0.339 e. The van der Waals surface area contributed by atoms with Crippen LogP contribution in [0.1, 0.15) is 12.0 Å². The Hall–Kier alpha value is -0.940. The van der Waals surface area contributed by atoms with Crippen molar-refractivity contribution in [3.63, 3.8) is 0 Å². The van der Waals surface area contributed by atoms with Crippen molar-refractivity contribution in [3.8, 4) is 0 Å². The van der Waals surface area contributed by atoms with Crippen LogP contribution in [0.4, 0.5) is 0 Å². The van der Waals surface area contributed by atoms with Crippen LogP contribution >= 0.6 is 0 Å². The van der Waals surface area contributed by atoms with Gasteiger partial charge in [-0.2, -0.15) is 0 Å². The highest BCUT2D eigenvalue weighted by molar-refractivity contribution is 7.91. The van der Waals surface area contributed by atoms with E-state index < -0.39 is 9.84 Å². The minimum Gasteiger partial charge on any atom is -0.339 e. The molecule has 2 N–H and O–H groups in total. The van der Waals surface area contributed by atoms with Gasteiger partial charge in [-0.05, 0) is 6.07 Å². The molecule has 1 aromatic heterocycles. The number of hydrogen-bond acceptors (Lipinski definition) is 3. The maximum Gasteiger partial charge on any atom is 0.156 e. The van der Waals surface area contributed by atoms with Gasteiger partial charge in [0.2, 0.25) is 0 Å². The Bertz CT molecular complexity index is 416. The van der Waals surface area contributed by atoms with Gasteiger partial charge in [-0.3, -0.25) is 4.98 Å². The number of nitrogens with two attached hydrogens (primary N) is 1. The average Bonchev–Trinajstić information content (AvgIpc) is 2.57. The Morgan fingerprint density at radius 1 is 1.53 bits per heavy atom. The molecule has 1 aliphatic heterocycles. The predicted molar refractivity (Wildman–Crippen MR) is 56.9 cm³/mol. The fourth-order valence-electron chi connectivity index (χ4n) is 1.83. The SMILES string of the molecule is O=S1(=O)CC[C@H]([NH2+]Cc2cccnc2)C1. The fourth-order valence-corrected chi connectivity index (χ4v) is 3.61. The Morgan fingerprint density at radius 2 is 2.40 bits per heavy atom. The first kappa shape index (κ1) is 10.6. The Balaban J connectivity index is 1.85. The molecule has 1 fully saturated rings. The lowest BCUT2D eigenvalue weighted by Crippen LogP contribution is -2.89. The van der Waals surface area contributed by atoms with E-state index in [1.165, 1.54) is 0 Å². The van der Waals surface area contributed by atoms with Gasteiger partial charge in [0.15, 0.2) is 9.84 Å². The van der Waals surface area contributed by atoms with Crippen LogP contribution in [0.3, 0.4) is 0 Å². The second-order valence-electron chi connectivity index (χ2n) is 3.96. The van der Waals surface area contributed by atoms with Crippen LogP contribution in [-0.2, 0) is 16.4 Å². The van der Waals surface area contributed by atoms with Crippen molar-refractivity contribution < 1.29 is 13.7 Å². The molecule has 0 bridgehead atoms. The second-order valence-corrected chi connectivity index (χ2v) is 6.19. The number of quaternary nitrogens is 1. The zero-order valence-electron chi connectivity index (χ0n) is 8.46. The predicted octanol–water partition coefficient (Wildman–Crippen LogP) is -0.668. The second kappa shape index (κ2) is 4.28. The topological polar surface area (TPSA) is 63.6 Å². The lowest BCUT2D eigenvalue weighted by molar-refractivity contribution is -0.699. The van der Waals surface area contributed by atoms with Crippen LogP contribution in [-0.4, -0.2) is 30.9 Å². The van der Waals surface area contributed by atoms with E-state index in [9.17, 15) is 8.42 Å². The molecule has 0 aliphatic carbocycles. The molecule has 82 valence electrons. The zero-order chi connectivity index (χ0) is 10.7. The van der Waals surface area contributed by atoms with Crippen LogP contribution in [0.2, 0.25) is 0 Å². The molecule has 1 aliphatic rings. The molecule has 2 rings (SSSR count). The summed E-state index contributed by atoms with van der Waals surface area (Å²) in [5.74, 6) is 0.675. The van der Waals surface area contributed by atoms with Gasteiger partial charge in [0.25, 0.3) is 0 Å². The summed E-state index contributed by atoms with van der Waals surface area (Å²) in [5, 5.41) is 2.10. The Morgan fingerprint density at radius 3 is 3.00 bits per heavy atom. The van der Waals surface area contributed by atoms with E-state index in [4.69, 9.17) is 0 Å². The number of rotatable bonds is 3. The monoisotopic (exact) mass is 227 g/mol. The van der Waals surface area contributed by atoms with Crippen molar-refractivity contribution in [2.75, 3.05) is 11.5 Å². The van der Waals surface area contributed by atoms with E-state index in [0.29, 0.717) is 11.5 Å². The van der Waals surface area contributed by atoms with Crippen LogP contribution in [0.5, 0.6) is 0 Å².